The van der Waals surface area contributed by atoms with Crippen LogP contribution in [0.5, 0.6) is 0 Å². The fraction of sp³-hybridized carbons (Fsp3) is 0.250. The van der Waals surface area contributed by atoms with E-state index in [1.807, 2.05) is 11.8 Å². The largest absolute Gasteiger partial charge is 0.384 e. The minimum absolute atomic E-state index is 0.639. The fourth-order valence-electron chi connectivity index (χ4n) is 1.91. The van der Waals surface area contributed by atoms with Crippen LogP contribution in [-0.4, -0.2) is 21.7 Å². The maximum atomic E-state index is 5.82. The van der Waals surface area contributed by atoms with Gasteiger partial charge < -0.3 is 5.73 Å². The molecule has 4 heteroatoms. The Morgan fingerprint density at radius 1 is 1.38 bits per heavy atom. The molecule has 3 N–H and O–H groups in total. The Morgan fingerprint density at radius 2 is 2.25 bits per heavy atom. The van der Waals surface area contributed by atoms with Gasteiger partial charge in [-0.25, -0.2) is 0 Å². The molecule has 3 nitrogen and oxygen atoms in total. The number of thioether (sulfide) groups is 1. The Bertz CT molecular complexity index is 502. The summed E-state index contributed by atoms with van der Waals surface area (Å²) in [7, 11) is 0. The van der Waals surface area contributed by atoms with Crippen molar-refractivity contribution >= 4 is 17.6 Å². The first-order chi connectivity index (χ1) is 7.84. The topological polar surface area (TPSA) is 54.7 Å². The number of nitrogens with one attached hydrogen (secondary N) is 1. The van der Waals surface area contributed by atoms with E-state index in [-0.39, 0.29) is 0 Å². The minimum Gasteiger partial charge on any atom is -0.384 e. The average Bonchev–Trinajstić information content (AvgIpc) is 2.62. The van der Waals surface area contributed by atoms with Crippen LogP contribution in [0.15, 0.2) is 30.5 Å². The summed E-state index contributed by atoms with van der Waals surface area (Å²) in [6.07, 6.45) is 1.78. The number of nitrogens with zero attached hydrogens (tertiary/aromatic N) is 1. The second kappa shape index (κ2) is 3.87. The minimum atomic E-state index is 0.639. The number of rotatable bonds is 2. The zero-order chi connectivity index (χ0) is 11.0. The standard InChI is InChI=1S/C12H13N3S/c13-12-11(5-14-15-12)9-3-1-2-8(4-9)10-6-16-7-10/h1-5,10H,6-7H2,(H3,13,14,15). The Morgan fingerprint density at radius 3 is 2.88 bits per heavy atom. The molecule has 1 aromatic heterocycles. The first-order valence-electron chi connectivity index (χ1n) is 5.31. The summed E-state index contributed by atoms with van der Waals surface area (Å²) in [6.45, 7) is 0. The molecule has 1 fully saturated rings. The van der Waals surface area contributed by atoms with Gasteiger partial charge in [0.05, 0.1) is 6.20 Å². The van der Waals surface area contributed by atoms with Crippen LogP contribution >= 0.6 is 11.8 Å². The molecule has 1 aromatic carbocycles. The molecule has 0 aliphatic carbocycles. The van der Waals surface area contributed by atoms with Crippen molar-refractivity contribution in [3.8, 4) is 11.1 Å². The molecular formula is C12H13N3S. The first-order valence-corrected chi connectivity index (χ1v) is 6.47. The van der Waals surface area contributed by atoms with Crippen molar-refractivity contribution in [3.05, 3.63) is 36.0 Å². The van der Waals surface area contributed by atoms with E-state index >= 15 is 0 Å². The number of benzene rings is 1. The third-order valence-corrected chi connectivity index (χ3v) is 4.25. The predicted molar refractivity (Wildman–Crippen MR) is 68.5 cm³/mol. The molecule has 1 aliphatic heterocycles. The number of nitrogens with two attached hydrogens (primary N) is 1. The second-order valence-electron chi connectivity index (χ2n) is 4.06. The molecule has 0 amide bonds. The van der Waals surface area contributed by atoms with Gasteiger partial charge in [-0.1, -0.05) is 24.3 Å². The lowest BCUT2D eigenvalue weighted by Crippen LogP contribution is -2.15. The van der Waals surface area contributed by atoms with Crippen LogP contribution in [0.2, 0.25) is 0 Å². The monoisotopic (exact) mass is 231 g/mol. The van der Waals surface area contributed by atoms with Gasteiger partial charge in [0.15, 0.2) is 0 Å². The number of H-pyrrole nitrogens is 1. The Labute approximate surface area is 98.4 Å². The van der Waals surface area contributed by atoms with Gasteiger partial charge in [0.1, 0.15) is 5.82 Å². The van der Waals surface area contributed by atoms with Crippen LogP contribution < -0.4 is 5.73 Å². The molecule has 1 saturated heterocycles. The Balaban J connectivity index is 1.98. The molecule has 16 heavy (non-hydrogen) atoms. The molecule has 0 radical (unpaired) electrons. The summed E-state index contributed by atoms with van der Waals surface area (Å²) in [4.78, 5) is 0. The van der Waals surface area contributed by atoms with E-state index in [1.54, 1.807) is 6.20 Å². The highest BCUT2D eigenvalue weighted by Crippen LogP contribution is 2.35. The Hall–Kier alpha value is -1.42. The van der Waals surface area contributed by atoms with Crippen molar-refractivity contribution in [2.45, 2.75) is 5.92 Å². The van der Waals surface area contributed by atoms with Gasteiger partial charge in [-0.15, -0.1) is 0 Å². The molecule has 0 atom stereocenters. The number of aromatic amines is 1. The van der Waals surface area contributed by atoms with Crippen LogP contribution in [-0.2, 0) is 0 Å². The Kier molecular flexibility index (Phi) is 2.36. The summed E-state index contributed by atoms with van der Waals surface area (Å²) in [5, 5.41) is 6.72. The molecule has 82 valence electrons. The third kappa shape index (κ3) is 1.59. The van der Waals surface area contributed by atoms with Crippen molar-refractivity contribution in [1.82, 2.24) is 10.2 Å². The maximum Gasteiger partial charge on any atom is 0.126 e. The number of aromatic nitrogens is 2. The zero-order valence-electron chi connectivity index (χ0n) is 8.81. The molecule has 0 saturated carbocycles. The highest BCUT2D eigenvalue weighted by molar-refractivity contribution is 8.00. The van der Waals surface area contributed by atoms with Crippen molar-refractivity contribution in [2.75, 3.05) is 17.2 Å². The molecular weight excluding hydrogens is 218 g/mol. The van der Waals surface area contributed by atoms with E-state index in [0.717, 1.165) is 17.0 Å². The van der Waals surface area contributed by atoms with Gasteiger partial charge in [0.25, 0.3) is 0 Å². The SMILES string of the molecule is Nc1[nH]ncc1-c1cccc(C2CSC2)c1. The smallest absolute Gasteiger partial charge is 0.126 e. The van der Waals surface area contributed by atoms with E-state index in [1.165, 1.54) is 17.1 Å². The fourth-order valence-corrected chi connectivity index (χ4v) is 2.77. The number of anilines is 1. The van der Waals surface area contributed by atoms with Crippen LogP contribution in [0.1, 0.15) is 11.5 Å². The van der Waals surface area contributed by atoms with E-state index in [0.29, 0.717) is 5.82 Å². The van der Waals surface area contributed by atoms with Crippen LogP contribution in [0.3, 0.4) is 0 Å². The quantitative estimate of drug-likeness (QED) is 0.835. The summed E-state index contributed by atoms with van der Waals surface area (Å²) in [6, 6.07) is 8.60. The third-order valence-electron chi connectivity index (χ3n) is 2.98. The van der Waals surface area contributed by atoms with E-state index in [9.17, 15) is 0 Å². The lowest BCUT2D eigenvalue weighted by Gasteiger charge is -2.25. The zero-order valence-corrected chi connectivity index (χ0v) is 9.63. The number of hydrogen-bond acceptors (Lipinski definition) is 3. The first kappa shape index (κ1) is 9.78. The maximum absolute atomic E-state index is 5.82. The van der Waals surface area contributed by atoms with Gasteiger partial charge in [0, 0.05) is 23.0 Å². The van der Waals surface area contributed by atoms with Gasteiger partial charge in [-0.2, -0.15) is 16.9 Å². The summed E-state index contributed by atoms with van der Waals surface area (Å²) >= 11 is 2.00. The summed E-state index contributed by atoms with van der Waals surface area (Å²) < 4.78 is 0. The normalized spacial score (nSPS) is 16.0. The van der Waals surface area contributed by atoms with E-state index < -0.39 is 0 Å². The van der Waals surface area contributed by atoms with Gasteiger partial charge >= 0.3 is 0 Å². The highest BCUT2D eigenvalue weighted by atomic mass is 32.2. The summed E-state index contributed by atoms with van der Waals surface area (Å²) in [5.41, 5.74) is 9.38. The van der Waals surface area contributed by atoms with Crippen LogP contribution in [0, 0.1) is 0 Å². The molecule has 1 aliphatic rings. The van der Waals surface area contributed by atoms with Crippen molar-refractivity contribution in [2.24, 2.45) is 0 Å². The van der Waals surface area contributed by atoms with Gasteiger partial charge in [-0.3, -0.25) is 5.10 Å². The van der Waals surface area contributed by atoms with E-state index in [2.05, 4.69) is 34.5 Å². The van der Waals surface area contributed by atoms with Crippen molar-refractivity contribution in [3.63, 3.8) is 0 Å². The number of hydrogen-bond donors (Lipinski definition) is 2. The molecule has 2 heterocycles. The van der Waals surface area contributed by atoms with E-state index in [4.69, 9.17) is 5.73 Å². The lowest BCUT2D eigenvalue weighted by molar-refractivity contribution is 0.850. The molecule has 3 rings (SSSR count). The second-order valence-corrected chi connectivity index (χ2v) is 5.13. The van der Waals surface area contributed by atoms with Crippen LogP contribution in [0.25, 0.3) is 11.1 Å². The van der Waals surface area contributed by atoms with Gasteiger partial charge in [0.2, 0.25) is 0 Å². The summed E-state index contributed by atoms with van der Waals surface area (Å²) in [5.74, 6) is 3.84. The molecule has 2 aromatic rings. The molecule has 0 bridgehead atoms. The van der Waals surface area contributed by atoms with Crippen LogP contribution in [0.4, 0.5) is 5.82 Å². The lowest BCUT2D eigenvalue weighted by atomic mass is 9.98. The molecule has 0 spiro atoms. The highest BCUT2D eigenvalue weighted by Gasteiger charge is 2.20. The molecule has 0 unspecified atom stereocenters. The average molecular weight is 231 g/mol. The van der Waals surface area contributed by atoms with Crippen molar-refractivity contribution in [1.29, 1.82) is 0 Å². The predicted octanol–water partition coefficient (Wildman–Crippen LogP) is 2.49. The number of nitrogen functional groups attached to an aromatic ring is 1. The van der Waals surface area contributed by atoms with Crippen molar-refractivity contribution < 1.29 is 0 Å². The van der Waals surface area contributed by atoms with Gasteiger partial charge in [-0.05, 0) is 11.1 Å².